The Morgan fingerprint density at radius 1 is 1.48 bits per heavy atom. The Morgan fingerprint density at radius 3 is 2.90 bits per heavy atom. The molecular weight excluding hydrogens is 298 g/mol. The standard InChI is InChI=1S/C11H12ClN7O2/c1-17-5-8(19-11(20)18(2)15-16-19)7(10(17)12)6-21-9-3-4-13-14-9/h3-5H,6H2,1-2H3,(H,13,14)/i/hT. The Labute approximate surface area is 125 Å². The quantitative estimate of drug-likeness (QED) is 0.745. The molecule has 0 amide bonds. The number of aryl methyl sites for hydroxylation is 2. The van der Waals surface area contributed by atoms with Crippen LogP contribution >= 0.6 is 11.6 Å². The highest BCUT2D eigenvalue weighted by Gasteiger charge is 2.18. The number of hydrogen-bond donors (Lipinski definition) is 1. The van der Waals surface area contributed by atoms with E-state index in [0.29, 0.717) is 16.4 Å². The smallest absolute Gasteiger partial charge is 0.368 e. The molecule has 0 saturated heterocycles. The Balaban J connectivity index is 1.96. The molecule has 0 aromatic carbocycles. The topological polar surface area (TPSA) is 95.5 Å². The normalized spacial score (nSPS) is 11.7. The van der Waals surface area contributed by atoms with Gasteiger partial charge in [0.05, 0.1) is 11.3 Å². The van der Waals surface area contributed by atoms with Gasteiger partial charge in [-0.15, -0.1) is 5.10 Å². The van der Waals surface area contributed by atoms with Gasteiger partial charge in [-0.05, 0) is 10.4 Å². The molecule has 3 rings (SSSR count). The van der Waals surface area contributed by atoms with E-state index in [-0.39, 0.29) is 18.2 Å². The molecule has 3 aromatic heterocycles. The van der Waals surface area contributed by atoms with E-state index in [2.05, 4.69) is 15.5 Å². The third-order valence-corrected chi connectivity index (χ3v) is 3.43. The van der Waals surface area contributed by atoms with Crippen LogP contribution in [0.15, 0.2) is 23.3 Å². The summed E-state index contributed by atoms with van der Waals surface area (Å²) in [7, 11) is 3.25. The maximum Gasteiger partial charge on any atom is 0.368 e. The molecule has 0 radical (unpaired) electrons. The minimum atomic E-state index is -0.390. The van der Waals surface area contributed by atoms with E-state index in [1.165, 1.54) is 13.2 Å². The maximum atomic E-state index is 12.0. The van der Waals surface area contributed by atoms with Gasteiger partial charge in [-0.25, -0.2) is 4.79 Å². The Bertz CT molecular complexity index is 878. The monoisotopic (exact) mass is 311 g/mol. The molecule has 0 saturated carbocycles. The van der Waals surface area contributed by atoms with Crippen LogP contribution < -0.4 is 10.4 Å². The summed E-state index contributed by atoms with van der Waals surface area (Å²) in [5.74, 6) is 0.285. The number of ether oxygens (including phenoxy) is 1. The Morgan fingerprint density at radius 2 is 2.29 bits per heavy atom. The Hall–Kier alpha value is -2.55. The number of nitrogens with zero attached hydrogens (tertiary/aromatic N) is 6. The van der Waals surface area contributed by atoms with Gasteiger partial charge >= 0.3 is 5.69 Å². The minimum Gasteiger partial charge on any atom is -0.472 e. The van der Waals surface area contributed by atoms with Gasteiger partial charge in [0.15, 0.2) is 1.41 Å². The fraction of sp³-hybridized carbons (Fsp3) is 0.273. The zero-order chi connectivity index (χ0) is 15.9. The fourth-order valence-corrected chi connectivity index (χ4v) is 2.06. The lowest BCUT2D eigenvalue weighted by Gasteiger charge is -2.04. The summed E-state index contributed by atoms with van der Waals surface area (Å²) in [6, 6.07) is 1.55. The van der Waals surface area contributed by atoms with Gasteiger partial charge in [0.1, 0.15) is 11.8 Å². The van der Waals surface area contributed by atoms with E-state index in [1.807, 2.05) is 0 Å². The lowest BCUT2D eigenvalue weighted by atomic mass is 10.3. The summed E-state index contributed by atoms with van der Waals surface area (Å²) in [4.78, 5) is 12.0. The third-order valence-electron chi connectivity index (χ3n) is 2.94. The molecule has 3 heterocycles. The zero-order valence-electron chi connectivity index (χ0n) is 12.3. The summed E-state index contributed by atoms with van der Waals surface area (Å²) in [5, 5.41) is 12.6. The molecule has 0 aliphatic rings. The Kier molecular flexibility index (Phi) is 2.96. The van der Waals surface area contributed by atoms with Crippen LogP contribution in [0.1, 0.15) is 5.56 Å². The van der Waals surface area contributed by atoms with Crippen LogP contribution in [0.4, 0.5) is 0 Å². The second-order valence-corrected chi connectivity index (χ2v) is 4.71. The molecule has 0 atom stereocenters. The van der Waals surface area contributed by atoms with Crippen molar-refractivity contribution in [2.75, 3.05) is 0 Å². The molecule has 3 aromatic rings. The molecule has 9 nitrogen and oxygen atoms in total. The lowest BCUT2D eigenvalue weighted by Crippen LogP contribution is -2.22. The largest absolute Gasteiger partial charge is 0.472 e. The molecule has 21 heavy (non-hydrogen) atoms. The first-order valence-electron chi connectivity index (χ1n) is 6.43. The van der Waals surface area contributed by atoms with E-state index in [1.54, 1.807) is 23.9 Å². The van der Waals surface area contributed by atoms with Crippen molar-refractivity contribution in [3.63, 3.8) is 0 Å². The third kappa shape index (κ3) is 2.31. The molecule has 0 bridgehead atoms. The van der Waals surface area contributed by atoms with Crippen molar-refractivity contribution in [3.05, 3.63) is 39.7 Å². The fourth-order valence-electron chi connectivity index (χ4n) is 1.86. The van der Waals surface area contributed by atoms with E-state index < -0.39 is 0 Å². The number of halogens is 1. The zero-order valence-corrected chi connectivity index (χ0v) is 12.0. The molecule has 110 valence electrons. The number of nitrogens with one attached hydrogen (secondary N) is 1. The average Bonchev–Trinajstić information content (AvgIpc) is 3.11. The SMILES string of the molecule is [3H]n1ccc(OCc2c(-n3nnn(C)c3=O)cn(C)c2Cl)n1. The van der Waals surface area contributed by atoms with Crippen LogP contribution in [-0.4, -0.2) is 34.5 Å². The van der Waals surface area contributed by atoms with Crippen molar-refractivity contribution < 1.29 is 6.15 Å². The van der Waals surface area contributed by atoms with Crippen LogP contribution in [0.25, 0.3) is 5.69 Å². The summed E-state index contributed by atoms with van der Waals surface area (Å²) in [5.41, 5.74) is 0.668. The number of H-pyrrole nitrogens is 1. The molecular formula is C11H12ClN7O2. The molecule has 0 aliphatic carbocycles. The number of aromatic amines is 1. The highest BCUT2D eigenvalue weighted by atomic mass is 35.5. The van der Waals surface area contributed by atoms with Crippen LogP contribution in [-0.2, 0) is 20.7 Å². The number of aromatic nitrogens is 7. The van der Waals surface area contributed by atoms with E-state index >= 15 is 0 Å². The van der Waals surface area contributed by atoms with Gasteiger partial charge < -0.3 is 9.30 Å². The van der Waals surface area contributed by atoms with Gasteiger partial charge in [-0.3, -0.25) is 5.09 Å². The van der Waals surface area contributed by atoms with E-state index in [4.69, 9.17) is 17.7 Å². The minimum absolute atomic E-state index is 0.0784. The van der Waals surface area contributed by atoms with Crippen LogP contribution in [0.5, 0.6) is 5.88 Å². The van der Waals surface area contributed by atoms with Crippen LogP contribution in [0.3, 0.4) is 0 Å². The second-order valence-electron chi connectivity index (χ2n) is 4.35. The van der Waals surface area contributed by atoms with Gasteiger partial charge in [0, 0.05) is 32.6 Å². The van der Waals surface area contributed by atoms with Gasteiger partial charge in [0.2, 0.25) is 5.88 Å². The van der Waals surface area contributed by atoms with Crippen molar-refractivity contribution in [2.45, 2.75) is 6.61 Å². The highest BCUT2D eigenvalue weighted by Crippen LogP contribution is 2.25. The van der Waals surface area contributed by atoms with Crippen LogP contribution in [0, 0.1) is 0 Å². The van der Waals surface area contributed by atoms with Gasteiger partial charge in [0.25, 0.3) is 0 Å². The van der Waals surface area contributed by atoms with Crippen molar-refractivity contribution in [2.24, 2.45) is 14.1 Å². The predicted molar refractivity (Wildman–Crippen MR) is 73.5 cm³/mol. The maximum absolute atomic E-state index is 12.0. The average molecular weight is 312 g/mol. The van der Waals surface area contributed by atoms with Crippen molar-refractivity contribution in [1.82, 2.24) is 34.5 Å². The van der Waals surface area contributed by atoms with Crippen molar-refractivity contribution in [3.8, 4) is 11.6 Å². The molecule has 0 fully saturated rings. The summed E-state index contributed by atoms with van der Waals surface area (Å²) in [6.07, 6.45) is 3.11. The van der Waals surface area contributed by atoms with Gasteiger partial charge in [-0.1, -0.05) is 11.6 Å². The summed E-state index contributed by atoms with van der Waals surface area (Å²) >= 11 is 6.24. The first-order valence-corrected chi connectivity index (χ1v) is 6.36. The summed E-state index contributed by atoms with van der Waals surface area (Å²) in [6.45, 7) is 0.0784. The first kappa shape index (κ1) is 12.2. The second kappa shape index (κ2) is 5.09. The van der Waals surface area contributed by atoms with Crippen molar-refractivity contribution >= 4 is 11.6 Å². The highest BCUT2D eigenvalue weighted by molar-refractivity contribution is 6.30. The van der Waals surface area contributed by atoms with E-state index in [0.717, 1.165) is 14.5 Å². The van der Waals surface area contributed by atoms with Crippen LogP contribution in [0.2, 0.25) is 6.56 Å². The lowest BCUT2D eigenvalue weighted by molar-refractivity contribution is 0.293. The number of rotatable bonds is 4. The van der Waals surface area contributed by atoms with E-state index in [9.17, 15) is 4.79 Å². The van der Waals surface area contributed by atoms with Crippen molar-refractivity contribution in [1.29, 1.82) is 0 Å². The number of tetrazole rings is 1. The molecule has 10 heteroatoms. The number of hydrogen-bond acceptors (Lipinski definition) is 5. The molecule has 0 spiro atoms. The molecule has 0 aliphatic heterocycles. The summed E-state index contributed by atoms with van der Waals surface area (Å²) < 4.78 is 16.7. The predicted octanol–water partition coefficient (Wildman–Crippen LogP) is 0.260. The molecule has 1 N–H and O–H groups in total. The molecule has 0 unspecified atom stereocenters. The first-order chi connectivity index (χ1) is 10.5. The van der Waals surface area contributed by atoms with Gasteiger partial charge in [-0.2, -0.15) is 9.36 Å².